The zero-order valence-corrected chi connectivity index (χ0v) is 23.4. The molecule has 0 bridgehead atoms. The number of nitrogens with zero attached hydrogens (tertiary/aromatic N) is 4. The smallest absolute Gasteiger partial charge is 0.416 e. The van der Waals surface area contributed by atoms with E-state index < -0.39 is 22.2 Å². The van der Waals surface area contributed by atoms with Crippen molar-refractivity contribution >= 4 is 38.7 Å². The number of halogens is 4. The first-order valence-electron chi connectivity index (χ1n) is 12.4. The maximum atomic E-state index is 13.5. The SMILES string of the molecule is Cc1ccc(COc2c(C=Nn3c(-c4cccc(C(F)(F)F)c4)nc4ccccc4c3=O)cc(Br)cc2[N+](=O)[O-])cc1. The predicted octanol–water partition coefficient (Wildman–Crippen LogP) is 7.52. The fourth-order valence-electron chi connectivity index (χ4n) is 4.20. The van der Waals surface area contributed by atoms with Crippen molar-refractivity contribution in [2.24, 2.45) is 5.10 Å². The Balaban J connectivity index is 1.66. The minimum atomic E-state index is -4.62. The van der Waals surface area contributed by atoms with Gasteiger partial charge in [-0.1, -0.05) is 70.0 Å². The number of hydrogen-bond acceptors (Lipinski definition) is 6. The molecule has 5 aromatic rings. The van der Waals surface area contributed by atoms with Crippen molar-refractivity contribution in [3.8, 4) is 17.1 Å². The highest BCUT2D eigenvalue weighted by atomic mass is 79.9. The van der Waals surface area contributed by atoms with Crippen LogP contribution in [-0.4, -0.2) is 20.8 Å². The van der Waals surface area contributed by atoms with Crippen LogP contribution in [0.2, 0.25) is 0 Å². The van der Waals surface area contributed by atoms with Gasteiger partial charge in [0, 0.05) is 21.7 Å². The number of alkyl halides is 3. The normalized spacial score (nSPS) is 11.7. The number of aromatic nitrogens is 2. The molecule has 0 saturated carbocycles. The first-order chi connectivity index (χ1) is 20.0. The van der Waals surface area contributed by atoms with Gasteiger partial charge in [0.05, 0.1) is 27.6 Å². The van der Waals surface area contributed by atoms with Crippen molar-refractivity contribution in [3.63, 3.8) is 0 Å². The van der Waals surface area contributed by atoms with Gasteiger partial charge in [-0.05, 0) is 42.8 Å². The zero-order valence-electron chi connectivity index (χ0n) is 21.8. The van der Waals surface area contributed by atoms with Crippen LogP contribution in [0.25, 0.3) is 22.3 Å². The van der Waals surface area contributed by atoms with Crippen LogP contribution < -0.4 is 10.3 Å². The third-order valence-electron chi connectivity index (χ3n) is 6.28. The summed E-state index contributed by atoms with van der Waals surface area (Å²) in [5.41, 5.74) is 0.304. The molecule has 4 aromatic carbocycles. The Hall–Kier alpha value is -4.84. The molecule has 12 heteroatoms. The van der Waals surface area contributed by atoms with Crippen LogP contribution in [0, 0.1) is 17.0 Å². The molecule has 212 valence electrons. The third-order valence-corrected chi connectivity index (χ3v) is 6.74. The molecule has 8 nitrogen and oxygen atoms in total. The predicted molar refractivity (Wildman–Crippen MR) is 156 cm³/mol. The van der Waals surface area contributed by atoms with E-state index in [0.717, 1.165) is 27.9 Å². The minimum Gasteiger partial charge on any atom is -0.481 e. The lowest BCUT2D eigenvalue weighted by Crippen LogP contribution is -2.20. The van der Waals surface area contributed by atoms with Crippen LogP contribution in [0.5, 0.6) is 5.75 Å². The summed E-state index contributed by atoms with van der Waals surface area (Å²) >= 11 is 3.26. The van der Waals surface area contributed by atoms with E-state index >= 15 is 0 Å². The molecule has 0 atom stereocenters. The maximum Gasteiger partial charge on any atom is 0.416 e. The van der Waals surface area contributed by atoms with E-state index in [0.29, 0.717) is 4.47 Å². The zero-order chi connectivity index (χ0) is 30.0. The van der Waals surface area contributed by atoms with E-state index in [9.17, 15) is 28.1 Å². The number of benzene rings is 4. The Labute approximate surface area is 245 Å². The summed E-state index contributed by atoms with van der Waals surface area (Å²) in [6, 6.07) is 21.0. The van der Waals surface area contributed by atoms with E-state index in [4.69, 9.17) is 4.74 Å². The fraction of sp³-hybridized carbons (Fsp3) is 0.100. The maximum absolute atomic E-state index is 13.5. The van der Waals surface area contributed by atoms with Crippen LogP contribution >= 0.6 is 15.9 Å². The Bertz CT molecular complexity index is 1900. The molecular weight excluding hydrogens is 617 g/mol. The van der Waals surface area contributed by atoms with Gasteiger partial charge in [-0.2, -0.15) is 22.9 Å². The molecule has 0 aliphatic heterocycles. The minimum absolute atomic E-state index is 0.000829. The first-order valence-corrected chi connectivity index (χ1v) is 13.2. The highest BCUT2D eigenvalue weighted by Crippen LogP contribution is 2.35. The Morgan fingerprint density at radius 1 is 1.05 bits per heavy atom. The average Bonchev–Trinajstić information content (AvgIpc) is 2.96. The summed E-state index contributed by atoms with van der Waals surface area (Å²) in [5, 5.41) is 16.4. The van der Waals surface area contributed by atoms with Gasteiger partial charge in [0.1, 0.15) is 6.61 Å². The fourth-order valence-corrected chi connectivity index (χ4v) is 4.66. The van der Waals surface area contributed by atoms with Gasteiger partial charge in [-0.25, -0.2) is 4.98 Å². The summed E-state index contributed by atoms with van der Waals surface area (Å²) in [5.74, 6) is -0.248. The lowest BCUT2D eigenvalue weighted by atomic mass is 10.1. The van der Waals surface area contributed by atoms with Gasteiger partial charge in [0.25, 0.3) is 5.56 Å². The van der Waals surface area contributed by atoms with E-state index in [1.807, 2.05) is 31.2 Å². The van der Waals surface area contributed by atoms with Gasteiger partial charge >= 0.3 is 11.9 Å². The number of para-hydroxylation sites is 1. The summed E-state index contributed by atoms with van der Waals surface area (Å²) in [6.45, 7) is 1.94. The van der Waals surface area contributed by atoms with Gasteiger partial charge in [0.2, 0.25) is 5.75 Å². The standard InChI is InChI=1S/C30H20BrF3N4O4/c1-18-9-11-19(12-10-18)17-42-27-21(14-23(31)15-26(27)38(40)41)16-35-37-28(20-5-4-6-22(13-20)30(32,33)34)36-25-8-3-2-7-24(25)29(37)39/h2-16H,17H2,1H3. The molecule has 0 saturated heterocycles. The lowest BCUT2D eigenvalue weighted by Gasteiger charge is -2.13. The van der Waals surface area contributed by atoms with Crippen LogP contribution in [0.1, 0.15) is 22.3 Å². The number of hydrogen-bond donors (Lipinski definition) is 0. The quantitative estimate of drug-likeness (QED) is 0.104. The highest BCUT2D eigenvalue weighted by Gasteiger charge is 2.31. The Morgan fingerprint density at radius 2 is 1.79 bits per heavy atom. The summed E-state index contributed by atoms with van der Waals surface area (Å²) in [7, 11) is 0. The first kappa shape index (κ1) is 28.7. The highest BCUT2D eigenvalue weighted by molar-refractivity contribution is 9.10. The van der Waals surface area contributed by atoms with Crippen molar-refractivity contribution in [1.82, 2.24) is 9.66 Å². The van der Waals surface area contributed by atoms with Crippen molar-refractivity contribution in [3.05, 3.63) is 132 Å². The molecule has 0 fully saturated rings. The largest absolute Gasteiger partial charge is 0.481 e. The Morgan fingerprint density at radius 3 is 2.50 bits per heavy atom. The van der Waals surface area contributed by atoms with E-state index in [1.165, 1.54) is 36.5 Å². The molecule has 0 radical (unpaired) electrons. The molecule has 0 amide bonds. The molecule has 0 aliphatic rings. The number of aryl methyl sites for hydroxylation is 1. The molecule has 1 aromatic heterocycles. The second kappa shape index (κ2) is 11.6. The summed E-state index contributed by atoms with van der Waals surface area (Å²) in [6.07, 6.45) is -3.45. The number of nitro benzene ring substituents is 1. The molecule has 0 aliphatic carbocycles. The average molecular weight is 637 g/mol. The molecule has 5 rings (SSSR count). The molecule has 0 N–H and O–H groups in total. The second-order valence-corrected chi connectivity index (χ2v) is 10.2. The summed E-state index contributed by atoms with van der Waals surface area (Å²) < 4.78 is 47.6. The van der Waals surface area contributed by atoms with Gasteiger partial charge < -0.3 is 4.74 Å². The van der Waals surface area contributed by atoms with E-state index in [-0.39, 0.29) is 45.9 Å². The van der Waals surface area contributed by atoms with Crippen molar-refractivity contribution in [2.75, 3.05) is 0 Å². The Kier molecular flexibility index (Phi) is 7.90. The lowest BCUT2D eigenvalue weighted by molar-refractivity contribution is -0.386. The molecule has 0 unspecified atom stereocenters. The molecule has 0 spiro atoms. The van der Waals surface area contributed by atoms with Gasteiger partial charge in [-0.15, -0.1) is 0 Å². The van der Waals surface area contributed by atoms with Crippen LogP contribution in [-0.2, 0) is 12.8 Å². The topological polar surface area (TPSA) is 99.6 Å². The second-order valence-electron chi connectivity index (χ2n) is 9.27. The van der Waals surface area contributed by atoms with Crippen molar-refractivity contribution in [2.45, 2.75) is 19.7 Å². The van der Waals surface area contributed by atoms with Crippen molar-refractivity contribution < 1.29 is 22.8 Å². The van der Waals surface area contributed by atoms with Crippen molar-refractivity contribution in [1.29, 1.82) is 0 Å². The number of nitro groups is 1. The number of fused-ring (bicyclic) bond motifs is 1. The molecule has 1 heterocycles. The van der Waals surface area contributed by atoms with Crippen LogP contribution in [0.3, 0.4) is 0 Å². The van der Waals surface area contributed by atoms with Crippen LogP contribution in [0.4, 0.5) is 18.9 Å². The summed E-state index contributed by atoms with van der Waals surface area (Å²) in [4.78, 5) is 29.3. The number of ether oxygens (including phenoxy) is 1. The van der Waals surface area contributed by atoms with Gasteiger partial charge in [0.15, 0.2) is 5.82 Å². The van der Waals surface area contributed by atoms with Gasteiger partial charge in [-0.3, -0.25) is 14.9 Å². The van der Waals surface area contributed by atoms with Crippen LogP contribution in [0.15, 0.2) is 99.3 Å². The number of rotatable bonds is 7. The van der Waals surface area contributed by atoms with E-state index in [2.05, 4.69) is 26.0 Å². The van der Waals surface area contributed by atoms with E-state index in [1.54, 1.807) is 18.2 Å². The molecule has 42 heavy (non-hydrogen) atoms. The monoisotopic (exact) mass is 636 g/mol. The molecular formula is C30H20BrF3N4O4. The third kappa shape index (κ3) is 6.08.